The van der Waals surface area contributed by atoms with Crippen LogP contribution >= 0.6 is 23.4 Å². The lowest BCUT2D eigenvalue weighted by Gasteiger charge is -2.37. The lowest BCUT2D eigenvalue weighted by atomic mass is 9.79. The van der Waals surface area contributed by atoms with Gasteiger partial charge in [-0.2, -0.15) is 0 Å². The van der Waals surface area contributed by atoms with Crippen LogP contribution in [0.2, 0.25) is 5.02 Å². The minimum atomic E-state index is -1.07. The predicted octanol–water partition coefficient (Wildman–Crippen LogP) is 4.68. The van der Waals surface area contributed by atoms with E-state index in [1.54, 1.807) is 19.1 Å². The summed E-state index contributed by atoms with van der Waals surface area (Å²) >= 11 is 7.17. The van der Waals surface area contributed by atoms with E-state index in [4.69, 9.17) is 21.3 Å². The number of amidine groups is 1. The summed E-state index contributed by atoms with van der Waals surface area (Å²) in [5, 5.41) is 0.563. The second kappa shape index (κ2) is 8.80. The summed E-state index contributed by atoms with van der Waals surface area (Å²) in [6, 6.07) is 9.03. The number of ether oxygens (including phenoxy) is 1. The molecule has 2 aromatic rings. The van der Waals surface area contributed by atoms with Gasteiger partial charge in [0.1, 0.15) is 29.9 Å². The number of halogens is 3. The predicted molar refractivity (Wildman–Crippen MR) is 131 cm³/mol. The number of carbonyl (C=O) groups excluding carboxylic acids is 1. The van der Waals surface area contributed by atoms with Crippen LogP contribution in [0.5, 0.6) is 0 Å². The van der Waals surface area contributed by atoms with Crippen molar-refractivity contribution in [2.45, 2.75) is 39.3 Å². The molecule has 33 heavy (non-hydrogen) atoms. The first-order valence-corrected chi connectivity index (χ1v) is 12.0. The van der Waals surface area contributed by atoms with Crippen molar-refractivity contribution in [2.75, 3.05) is 6.61 Å². The molecule has 0 bridgehead atoms. The minimum Gasteiger partial charge on any atom is -0.462 e. The van der Waals surface area contributed by atoms with Crippen molar-refractivity contribution in [1.29, 1.82) is 0 Å². The van der Waals surface area contributed by atoms with Gasteiger partial charge in [0.15, 0.2) is 5.17 Å². The van der Waals surface area contributed by atoms with E-state index >= 15 is 4.39 Å². The van der Waals surface area contributed by atoms with Crippen molar-refractivity contribution in [1.82, 2.24) is 4.90 Å². The minimum absolute atomic E-state index is 0.00347. The topological polar surface area (TPSA) is 41.9 Å². The van der Waals surface area contributed by atoms with Crippen LogP contribution in [0.3, 0.4) is 0 Å². The molecule has 0 amide bonds. The summed E-state index contributed by atoms with van der Waals surface area (Å²) in [6.45, 7) is 7.78. The largest absolute Gasteiger partial charge is 0.462 e. The van der Waals surface area contributed by atoms with Gasteiger partial charge in [-0.15, -0.1) is 0 Å². The maximum atomic E-state index is 15.2. The zero-order chi connectivity index (χ0) is 24.1. The van der Waals surface area contributed by atoms with Gasteiger partial charge in [-0.1, -0.05) is 49.1 Å². The van der Waals surface area contributed by atoms with Crippen LogP contribution in [-0.4, -0.2) is 30.5 Å². The molecule has 0 fully saturated rings. The molecular weight excluding hydrogens is 465 g/mol. The lowest BCUT2D eigenvalue weighted by molar-refractivity contribution is -0.137. The number of allylic oxidation sites excluding steroid dienone is 1. The van der Waals surface area contributed by atoms with Gasteiger partial charge in [0.2, 0.25) is 0 Å². The van der Waals surface area contributed by atoms with Crippen molar-refractivity contribution in [3.63, 3.8) is 0 Å². The fourth-order valence-corrected chi connectivity index (χ4v) is 5.94. The van der Waals surface area contributed by atoms with Crippen LogP contribution < -0.4 is 5.46 Å². The van der Waals surface area contributed by atoms with Gasteiger partial charge in [-0.3, -0.25) is 0 Å². The molecule has 2 unspecified atom stereocenters. The van der Waals surface area contributed by atoms with E-state index in [1.807, 2.05) is 39.6 Å². The third kappa shape index (κ3) is 3.97. The van der Waals surface area contributed by atoms with E-state index in [0.29, 0.717) is 21.2 Å². The van der Waals surface area contributed by atoms with Crippen molar-refractivity contribution in [3.05, 3.63) is 74.8 Å². The smallest absolute Gasteiger partial charge is 0.346 e. The van der Waals surface area contributed by atoms with Crippen LogP contribution in [0.4, 0.5) is 8.78 Å². The van der Waals surface area contributed by atoms with Crippen LogP contribution in [0, 0.1) is 17.6 Å². The van der Waals surface area contributed by atoms with Crippen molar-refractivity contribution >= 4 is 47.8 Å². The molecule has 172 valence electrons. The average molecular weight is 489 g/mol. The molecule has 0 aliphatic carbocycles. The number of carbonyl (C=O) groups is 1. The number of thioether (sulfide) groups is 1. The number of hydrogen-bond donors (Lipinski definition) is 0. The van der Waals surface area contributed by atoms with Crippen molar-refractivity contribution in [3.8, 4) is 0 Å². The van der Waals surface area contributed by atoms with E-state index in [2.05, 4.69) is 0 Å². The van der Waals surface area contributed by atoms with E-state index < -0.39 is 23.4 Å². The molecule has 2 atom stereocenters. The van der Waals surface area contributed by atoms with Crippen LogP contribution in [0.1, 0.15) is 44.9 Å². The fraction of sp³-hybridized carbons (Fsp3) is 0.333. The molecule has 0 spiro atoms. The average Bonchev–Trinajstić information content (AvgIpc) is 3.22. The van der Waals surface area contributed by atoms with Crippen molar-refractivity contribution < 1.29 is 18.3 Å². The lowest BCUT2D eigenvalue weighted by Crippen LogP contribution is -2.37. The molecule has 0 aromatic heterocycles. The number of rotatable bonds is 5. The number of aliphatic imine (C=N–C) groups is 1. The normalized spacial score (nSPS) is 22.1. The molecule has 2 aliphatic heterocycles. The maximum Gasteiger partial charge on any atom is 0.346 e. The number of fused-ring (bicyclic) bond motifs is 1. The Morgan fingerprint density at radius 3 is 2.61 bits per heavy atom. The highest BCUT2D eigenvalue weighted by Crippen LogP contribution is 2.56. The third-order valence-corrected chi connectivity index (χ3v) is 7.30. The third-order valence-electron chi connectivity index (χ3n) is 5.95. The first kappa shape index (κ1) is 23.8. The number of nitrogens with zero attached hydrogens (tertiary/aromatic N) is 2. The zero-order valence-corrected chi connectivity index (χ0v) is 20.7. The Hall–Kier alpha value is -2.32. The Balaban J connectivity index is 1.94. The van der Waals surface area contributed by atoms with Gasteiger partial charge in [-0.25, -0.2) is 18.6 Å². The summed E-state index contributed by atoms with van der Waals surface area (Å²) in [4.78, 5) is 20.1. The molecule has 2 aliphatic rings. The van der Waals surface area contributed by atoms with Crippen LogP contribution in [0.15, 0.2) is 52.0 Å². The van der Waals surface area contributed by atoms with Gasteiger partial charge in [0, 0.05) is 11.3 Å². The Bertz CT molecular complexity index is 1200. The summed E-state index contributed by atoms with van der Waals surface area (Å²) < 4.78 is 35.1. The van der Waals surface area contributed by atoms with Gasteiger partial charge >= 0.3 is 5.97 Å². The molecule has 0 saturated carbocycles. The number of hydrogen-bond acceptors (Lipinski definition) is 5. The second-order valence-electron chi connectivity index (χ2n) is 8.66. The SMILES string of the molecule is Bc1ccc(C2(C)N=C3SC(C(=O)OCC)=C(C(C)C)N3C2c2ccc(Cl)c(F)c2)c(F)c1. The Morgan fingerprint density at radius 2 is 2.00 bits per heavy atom. The van der Waals surface area contributed by atoms with E-state index in [-0.39, 0.29) is 23.4 Å². The van der Waals surface area contributed by atoms with Crippen LogP contribution in [0.25, 0.3) is 0 Å². The van der Waals surface area contributed by atoms with Gasteiger partial charge in [-0.05, 0) is 55.3 Å². The highest BCUT2D eigenvalue weighted by Gasteiger charge is 2.54. The van der Waals surface area contributed by atoms with Gasteiger partial charge in [0.25, 0.3) is 0 Å². The van der Waals surface area contributed by atoms with Gasteiger partial charge < -0.3 is 9.64 Å². The highest BCUT2D eigenvalue weighted by atomic mass is 35.5. The van der Waals surface area contributed by atoms with E-state index in [0.717, 1.165) is 11.2 Å². The molecule has 0 N–H and O–H groups in total. The summed E-state index contributed by atoms with van der Waals surface area (Å²) in [5.41, 5.74) is 1.44. The molecular formula is C24H24BClF2N2O2S. The highest BCUT2D eigenvalue weighted by molar-refractivity contribution is 8.18. The zero-order valence-electron chi connectivity index (χ0n) is 19.1. The van der Waals surface area contributed by atoms with E-state index in [9.17, 15) is 9.18 Å². The molecule has 2 aromatic carbocycles. The quantitative estimate of drug-likeness (QED) is 0.453. The summed E-state index contributed by atoms with van der Waals surface area (Å²) in [5.74, 6) is -1.43. The molecule has 0 radical (unpaired) electrons. The molecule has 0 saturated heterocycles. The van der Waals surface area contributed by atoms with Crippen molar-refractivity contribution in [2.24, 2.45) is 10.9 Å². The second-order valence-corrected chi connectivity index (χ2v) is 10.0. The van der Waals surface area contributed by atoms with Gasteiger partial charge in [0.05, 0.1) is 17.7 Å². The summed E-state index contributed by atoms with van der Waals surface area (Å²) in [7, 11) is 1.82. The van der Waals surface area contributed by atoms with E-state index in [1.165, 1.54) is 30.0 Å². The monoisotopic (exact) mass is 488 g/mol. The Kier molecular flexibility index (Phi) is 6.35. The standard InChI is InChI=1S/C24H24BClF2N2O2S/c1-5-32-22(31)20-19(12(2)3)30-21(13-6-9-16(26)18(28)10-13)24(4,29-23(30)33-20)15-8-7-14(25)11-17(15)27/h6-12,21H,5,25H2,1-4H3. The number of esters is 1. The first-order chi connectivity index (χ1) is 15.6. The maximum absolute atomic E-state index is 15.2. The first-order valence-electron chi connectivity index (χ1n) is 10.8. The molecule has 4 nitrogen and oxygen atoms in total. The number of benzene rings is 2. The Morgan fingerprint density at radius 1 is 1.27 bits per heavy atom. The molecule has 2 heterocycles. The summed E-state index contributed by atoms with van der Waals surface area (Å²) in [6.07, 6.45) is 0. The Labute approximate surface area is 202 Å². The fourth-order valence-electron chi connectivity index (χ4n) is 4.52. The molecule has 9 heteroatoms. The van der Waals surface area contributed by atoms with Crippen LogP contribution in [-0.2, 0) is 15.1 Å². The molecule has 4 rings (SSSR count).